The molecule has 0 fully saturated rings. The molecule has 3 aromatic rings. The van der Waals surface area contributed by atoms with Crippen molar-refractivity contribution in [1.82, 2.24) is 14.9 Å². The van der Waals surface area contributed by atoms with E-state index in [1.54, 1.807) is 12.5 Å². The van der Waals surface area contributed by atoms with Gasteiger partial charge in [-0.3, -0.25) is 4.79 Å². The lowest BCUT2D eigenvalue weighted by Gasteiger charge is -2.19. The monoisotopic (exact) mass is 347 g/mol. The number of carbonyl (C=O) groups excluding carboxylic acids is 1. The molecule has 0 aliphatic carbocycles. The Bertz CT molecular complexity index is 842. The number of carbonyl (C=O) groups is 1. The molecule has 0 atom stereocenters. The molecule has 0 saturated carbocycles. The standard InChI is InChI=1S/C22H25N3O/c1-22(2,3)20-10-8-19(9-11-20)21(26)24-14-17-4-6-18(7-5-17)15-25-13-12-23-16-25/h4-13,16H,14-15H2,1-3H3,(H,24,26). The topological polar surface area (TPSA) is 46.9 Å². The lowest BCUT2D eigenvalue weighted by molar-refractivity contribution is 0.0951. The highest BCUT2D eigenvalue weighted by molar-refractivity contribution is 5.94. The Labute approximate surface area is 154 Å². The molecule has 0 unspecified atom stereocenters. The molecule has 0 bridgehead atoms. The second-order valence-electron chi connectivity index (χ2n) is 7.56. The molecule has 0 spiro atoms. The van der Waals surface area contributed by atoms with Crippen molar-refractivity contribution in [1.29, 1.82) is 0 Å². The summed E-state index contributed by atoms with van der Waals surface area (Å²) in [6.45, 7) is 7.81. The number of rotatable bonds is 5. The van der Waals surface area contributed by atoms with Gasteiger partial charge >= 0.3 is 0 Å². The number of nitrogens with zero attached hydrogens (tertiary/aromatic N) is 2. The molecule has 0 aliphatic heterocycles. The molecule has 0 aliphatic rings. The summed E-state index contributed by atoms with van der Waals surface area (Å²) in [5, 5.41) is 2.98. The fourth-order valence-electron chi connectivity index (χ4n) is 2.76. The minimum atomic E-state index is -0.0482. The van der Waals surface area contributed by atoms with Crippen LogP contribution in [0, 0.1) is 0 Å². The average molecular weight is 347 g/mol. The van der Waals surface area contributed by atoms with Crippen molar-refractivity contribution in [2.24, 2.45) is 0 Å². The Kier molecular flexibility index (Phi) is 5.21. The van der Waals surface area contributed by atoms with Crippen LogP contribution in [0.5, 0.6) is 0 Å². The van der Waals surface area contributed by atoms with Crippen molar-refractivity contribution in [2.45, 2.75) is 39.3 Å². The SMILES string of the molecule is CC(C)(C)c1ccc(C(=O)NCc2ccc(Cn3ccnc3)cc2)cc1. The fraction of sp³-hybridized carbons (Fsp3) is 0.273. The molecule has 1 N–H and O–H groups in total. The van der Waals surface area contributed by atoms with Crippen LogP contribution in [0.25, 0.3) is 0 Å². The Morgan fingerprint density at radius 3 is 2.23 bits per heavy atom. The summed E-state index contributed by atoms with van der Waals surface area (Å²) in [7, 11) is 0. The first-order valence-electron chi connectivity index (χ1n) is 8.84. The third kappa shape index (κ3) is 4.60. The van der Waals surface area contributed by atoms with E-state index in [-0.39, 0.29) is 11.3 Å². The summed E-state index contributed by atoms with van der Waals surface area (Å²) in [6, 6.07) is 16.1. The zero-order valence-corrected chi connectivity index (χ0v) is 15.6. The van der Waals surface area contributed by atoms with E-state index in [2.05, 4.69) is 55.3 Å². The quantitative estimate of drug-likeness (QED) is 0.753. The van der Waals surface area contributed by atoms with Crippen LogP contribution in [0.3, 0.4) is 0 Å². The van der Waals surface area contributed by atoms with Gasteiger partial charge in [0.15, 0.2) is 0 Å². The van der Waals surface area contributed by atoms with E-state index >= 15 is 0 Å². The van der Waals surface area contributed by atoms with Gasteiger partial charge in [0.05, 0.1) is 6.33 Å². The van der Waals surface area contributed by atoms with Gasteiger partial charge < -0.3 is 9.88 Å². The van der Waals surface area contributed by atoms with Crippen LogP contribution in [-0.2, 0) is 18.5 Å². The molecule has 2 aromatic carbocycles. The largest absolute Gasteiger partial charge is 0.348 e. The van der Waals surface area contributed by atoms with Gasteiger partial charge in [0.1, 0.15) is 0 Å². The maximum Gasteiger partial charge on any atom is 0.251 e. The second-order valence-corrected chi connectivity index (χ2v) is 7.56. The van der Waals surface area contributed by atoms with Crippen molar-refractivity contribution in [3.8, 4) is 0 Å². The van der Waals surface area contributed by atoms with E-state index in [1.165, 1.54) is 11.1 Å². The first kappa shape index (κ1) is 17.9. The summed E-state index contributed by atoms with van der Waals surface area (Å²) in [4.78, 5) is 16.4. The van der Waals surface area contributed by atoms with Gasteiger partial charge in [0.25, 0.3) is 5.91 Å². The smallest absolute Gasteiger partial charge is 0.251 e. The lowest BCUT2D eigenvalue weighted by Crippen LogP contribution is -2.23. The first-order chi connectivity index (χ1) is 12.4. The molecule has 26 heavy (non-hydrogen) atoms. The van der Waals surface area contributed by atoms with Gasteiger partial charge in [-0.2, -0.15) is 0 Å². The van der Waals surface area contributed by atoms with Crippen LogP contribution < -0.4 is 5.32 Å². The lowest BCUT2D eigenvalue weighted by atomic mass is 9.87. The normalized spacial score (nSPS) is 11.3. The predicted octanol–water partition coefficient (Wildman–Crippen LogP) is 4.16. The third-order valence-corrected chi connectivity index (χ3v) is 4.41. The van der Waals surface area contributed by atoms with E-state index in [4.69, 9.17) is 0 Å². The molecule has 1 aromatic heterocycles. The number of aromatic nitrogens is 2. The van der Waals surface area contributed by atoms with Crippen molar-refractivity contribution in [2.75, 3.05) is 0 Å². The van der Waals surface area contributed by atoms with E-state index in [0.29, 0.717) is 12.1 Å². The van der Waals surface area contributed by atoms with Gasteiger partial charge in [-0.05, 0) is 34.2 Å². The Balaban J connectivity index is 1.55. The number of hydrogen-bond acceptors (Lipinski definition) is 2. The Morgan fingerprint density at radius 2 is 1.65 bits per heavy atom. The zero-order valence-electron chi connectivity index (χ0n) is 15.6. The van der Waals surface area contributed by atoms with Crippen molar-refractivity contribution >= 4 is 5.91 Å². The second kappa shape index (κ2) is 7.56. The third-order valence-electron chi connectivity index (χ3n) is 4.41. The van der Waals surface area contributed by atoms with Gasteiger partial charge in [-0.1, -0.05) is 57.2 Å². The minimum absolute atomic E-state index is 0.0482. The molecule has 4 nitrogen and oxygen atoms in total. The molecular weight excluding hydrogens is 322 g/mol. The Hall–Kier alpha value is -2.88. The minimum Gasteiger partial charge on any atom is -0.348 e. The number of imidazole rings is 1. The Morgan fingerprint density at radius 1 is 1.00 bits per heavy atom. The first-order valence-corrected chi connectivity index (χ1v) is 8.84. The summed E-state index contributed by atoms with van der Waals surface area (Å²) >= 11 is 0. The molecule has 134 valence electrons. The average Bonchev–Trinajstić information content (AvgIpc) is 3.13. The molecule has 0 saturated heterocycles. The van der Waals surface area contributed by atoms with Gasteiger partial charge in [0.2, 0.25) is 0 Å². The highest BCUT2D eigenvalue weighted by Gasteiger charge is 2.14. The fourth-order valence-corrected chi connectivity index (χ4v) is 2.76. The molecule has 4 heteroatoms. The molecule has 1 amide bonds. The number of nitrogens with one attached hydrogen (secondary N) is 1. The summed E-state index contributed by atoms with van der Waals surface area (Å²) in [5.74, 6) is -0.0482. The summed E-state index contributed by atoms with van der Waals surface area (Å²) < 4.78 is 2.03. The number of hydrogen-bond donors (Lipinski definition) is 1. The number of benzene rings is 2. The highest BCUT2D eigenvalue weighted by Crippen LogP contribution is 2.22. The molecule has 1 heterocycles. The van der Waals surface area contributed by atoms with Crippen molar-refractivity contribution in [3.05, 3.63) is 89.5 Å². The van der Waals surface area contributed by atoms with Crippen LogP contribution in [0.2, 0.25) is 0 Å². The van der Waals surface area contributed by atoms with E-state index < -0.39 is 0 Å². The molecule has 0 radical (unpaired) electrons. The van der Waals surface area contributed by atoms with Crippen LogP contribution in [0.15, 0.2) is 67.3 Å². The molecular formula is C22H25N3O. The van der Waals surface area contributed by atoms with Crippen LogP contribution in [0.1, 0.15) is 47.8 Å². The summed E-state index contributed by atoms with van der Waals surface area (Å²) in [5.41, 5.74) is 4.29. The van der Waals surface area contributed by atoms with E-state index in [9.17, 15) is 4.79 Å². The maximum absolute atomic E-state index is 12.3. The number of amides is 1. The molecule has 3 rings (SSSR count). The zero-order chi connectivity index (χ0) is 18.6. The van der Waals surface area contributed by atoms with Crippen molar-refractivity contribution in [3.63, 3.8) is 0 Å². The van der Waals surface area contributed by atoms with Crippen LogP contribution in [-0.4, -0.2) is 15.5 Å². The van der Waals surface area contributed by atoms with Gasteiger partial charge in [-0.15, -0.1) is 0 Å². The predicted molar refractivity (Wildman–Crippen MR) is 104 cm³/mol. The van der Waals surface area contributed by atoms with E-state index in [1.807, 2.05) is 35.0 Å². The van der Waals surface area contributed by atoms with Crippen molar-refractivity contribution < 1.29 is 4.79 Å². The highest BCUT2D eigenvalue weighted by atomic mass is 16.1. The maximum atomic E-state index is 12.3. The van der Waals surface area contributed by atoms with Gasteiger partial charge in [0, 0.05) is 31.0 Å². The summed E-state index contributed by atoms with van der Waals surface area (Å²) in [6.07, 6.45) is 5.52. The van der Waals surface area contributed by atoms with E-state index in [0.717, 1.165) is 12.1 Å². The van der Waals surface area contributed by atoms with Crippen LogP contribution >= 0.6 is 0 Å². The van der Waals surface area contributed by atoms with Gasteiger partial charge in [-0.25, -0.2) is 4.98 Å². The van der Waals surface area contributed by atoms with Crippen LogP contribution in [0.4, 0.5) is 0 Å².